The second-order valence-electron chi connectivity index (χ2n) is 3.94. The second kappa shape index (κ2) is 5.88. The molecule has 0 saturated heterocycles. The molecule has 0 aromatic carbocycles. The lowest BCUT2D eigenvalue weighted by Gasteiger charge is -2.23. The third kappa shape index (κ3) is 3.68. The lowest BCUT2D eigenvalue weighted by atomic mass is 10.3. The molecule has 1 heterocycles. The Morgan fingerprint density at radius 2 is 2.00 bits per heavy atom. The molecule has 0 bridgehead atoms. The summed E-state index contributed by atoms with van der Waals surface area (Å²) in [6.45, 7) is 1.43. The highest BCUT2D eigenvalue weighted by Gasteiger charge is 2.34. The van der Waals surface area contributed by atoms with Gasteiger partial charge in [0, 0.05) is 13.6 Å². The second-order valence-corrected chi connectivity index (χ2v) is 3.94. The summed E-state index contributed by atoms with van der Waals surface area (Å²) in [4.78, 5) is 18.7. The molecule has 1 aromatic rings. The summed E-state index contributed by atoms with van der Waals surface area (Å²) in [5, 5.41) is 13.6. The molecule has 0 amide bonds. The lowest BCUT2D eigenvalue weighted by molar-refractivity contribution is -0.385. The van der Waals surface area contributed by atoms with E-state index in [1.165, 1.54) is 20.9 Å². The van der Waals surface area contributed by atoms with Crippen LogP contribution < -0.4 is 10.2 Å². The zero-order valence-corrected chi connectivity index (χ0v) is 11.2. The molecule has 0 aliphatic rings. The molecule has 1 rings (SSSR count). The molecule has 10 heteroatoms. The molecule has 0 unspecified atom stereocenters. The van der Waals surface area contributed by atoms with Gasteiger partial charge in [-0.2, -0.15) is 18.2 Å². The van der Waals surface area contributed by atoms with E-state index in [1.807, 2.05) is 0 Å². The van der Waals surface area contributed by atoms with Gasteiger partial charge in [-0.3, -0.25) is 10.1 Å². The normalized spacial score (nSPS) is 11.3. The van der Waals surface area contributed by atoms with E-state index in [0.29, 0.717) is 0 Å². The van der Waals surface area contributed by atoms with E-state index in [-0.39, 0.29) is 24.0 Å². The van der Waals surface area contributed by atoms with Gasteiger partial charge in [0.25, 0.3) is 0 Å². The number of nitrogens with zero attached hydrogens (tertiary/aromatic N) is 4. The fourth-order valence-corrected chi connectivity index (χ4v) is 1.65. The Bertz CT molecular complexity index is 506. The Hall–Kier alpha value is -2.13. The van der Waals surface area contributed by atoms with E-state index in [2.05, 4.69) is 15.3 Å². The summed E-state index contributed by atoms with van der Waals surface area (Å²) >= 11 is 0. The highest BCUT2D eigenvalue weighted by Crippen LogP contribution is 2.31. The molecule has 0 atom stereocenters. The molecule has 0 aliphatic heterocycles. The van der Waals surface area contributed by atoms with E-state index >= 15 is 0 Å². The summed E-state index contributed by atoms with van der Waals surface area (Å²) in [7, 11) is 1.48. The molecule has 0 spiro atoms. The first kappa shape index (κ1) is 15.9. The van der Waals surface area contributed by atoms with Crippen LogP contribution in [-0.4, -0.2) is 41.2 Å². The first-order valence-electron chi connectivity index (χ1n) is 5.72. The van der Waals surface area contributed by atoms with Gasteiger partial charge in [0.05, 0.1) is 4.92 Å². The molecule has 112 valence electrons. The van der Waals surface area contributed by atoms with Gasteiger partial charge < -0.3 is 10.2 Å². The molecule has 0 radical (unpaired) electrons. The minimum Gasteiger partial charge on any atom is -0.357 e. The van der Waals surface area contributed by atoms with Crippen molar-refractivity contribution in [3.8, 4) is 0 Å². The van der Waals surface area contributed by atoms with Gasteiger partial charge in [-0.05, 0) is 13.8 Å². The first-order valence-corrected chi connectivity index (χ1v) is 5.72. The summed E-state index contributed by atoms with van der Waals surface area (Å²) in [5.41, 5.74) is -0.514. The highest BCUT2D eigenvalue weighted by molar-refractivity contribution is 5.62. The molecular formula is C10H14F3N5O2. The molecule has 0 aliphatic carbocycles. The first-order chi connectivity index (χ1) is 9.19. The number of aryl methyl sites for hydroxylation is 1. The van der Waals surface area contributed by atoms with Crippen molar-refractivity contribution >= 4 is 17.5 Å². The predicted molar refractivity (Wildman–Crippen MR) is 66.9 cm³/mol. The maximum Gasteiger partial charge on any atom is 0.405 e. The van der Waals surface area contributed by atoms with Crippen molar-refractivity contribution in [3.63, 3.8) is 0 Å². The maximum absolute atomic E-state index is 12.5. The van der Waals surface area contributed by atoms with Gasteiger partial charge in [0.1, 0.15) is 12.2 Å². The van der Waals surface area contributed by atoms with Gasteiger partial charge in [0.2, 0.25) is 11.8 Å². The van der Waals surface area contributed by atoms with E-state index in [4.69, 9.17) is 0 Å². The number of hydrogen-bond acceptors (Lipinski definition) is 6. The van der Waals surface area contributed by atoms with Crippen LogP contribution in [0.15, 0.2) is 0 Å². The minimum absolute atomic E-state index is 0.00461. The Labute approximate surface area is 113 Å². The third-order valence-corrected chi connectivity index (χ3v) is 2.50. The van der Waals surface area contributed by atoms with E-state index in [1.54, 1.807) is 0 Å². The number of alkyl halides is 3. The highest BCUT2D eigenvalue weighted by atomic mass is 19.4. The van der Waals surface area contributed by atoms with Crippen molar-refractivity contribution < 1.29 is 18.1 Å². The number of nitro groups is 1. The number of halogens is 3. The van der Waals surface area contributed by atoms with Crippen molar-refractivity contribution in [3.05, 3.63) is 15.8 Å². The van der Waals surface area contributed by atoms with Gasteiger partial charge >= 0.3 is 11.9 Å². The Morgan fingerprint density at radius 3 is 2.40 bits per heavy atom. The summed E-state index contributed by atoms with van der Waals surface area (Å²) in [5.74, 6) is -0.310. The van der Waals surface area contributed by atoms with E-state index in [0.717, 1.165) is 4.90 Å². The van der Waals surface area contributed by atoms with Crippen LogP contribution >= 0.6 is 0 Å². The summed E-state index contributed by atoms with van der Waals surface area (Å²) < 4.78 is 37.6. The number of nitrogens with one attached hydrogen (secondary N) is 1. The van der Waals surface area contributed by atoms with Crippen LogP contribution in [0.1, 0.15) is 12.6 Å². The van der Waals surface area contributed by atoms with E-state index in [9.17, 15) is 23.3 Å². The number of hydrogen-bond donors (Lipinski definition) is 1. The molecular weight excluding hydrogens is 279 g/mol. The van der Waals surface area contributed by atoms with Crippen LogP contribution in [0, 0.1) is 17.0 Å². The van der Waals surface area contributed by atoms with Crippen molar-refractivity contribution in [1.29, 1.82) is 0 Å². The van der Waals surface area contributed by atoms with Gasteiger partial charge in [-0.25, -0.2) is 4.98 Å². The molecule has 1 N–H and O–H groups in total. The Morgan fingerprint density at radius 1 is 1.40 bits per heavy atom. The third-order valence-electron chi connectivity index (χ3n) is 2.50. The Kier molecular flexibility index (Phi) is 4.69. The van der Waals surface area contributed by atoms with Gasteiger partial charge in [-0.15, -0.1) is 0 Å². The molecule has 7 nitrogen and oxygen atoms in total. The number of anilines is 2. The van der Waals surface area contributed by atoms with Crippen LogP contribution in [0.4, 0.5) is 30.6 Å². The van der Waals surface area contributed by atoms with Crippen LogP contribution in [0.3, 0.4) is 0 Å². The van der Waals surface area contributed by atoms with Crippen LogP contribution in [0.5, 0.6) is 0 Å². The van der Waals surface area contributed by atoms with Crippen molar-refractivity contribution in [1.82, 2.24) is 9.97 Å². The predicted octanol–water partition coefficient (Wildman–Crippen LogP) is 2.12. The lowest BCUT2D eigenvalue weighted by Crippen LogP contribution is -2.35. The SMILES string of the molecule is CCN(CC(F)(F)F)c1nc(NC)nc(C)c1[N+](=O)[O-]. The zero-order valence-electron chi connectivity index (χ0n) is 11.2. The molecule has 0 saturated carbocycles. The average molecular weight is 293 g/mol. The van der Waals surface area contributed by atoms with Crippen LogP contribution in [0.2, 0.25) is 0 Å². The Balaban J connectivity index is 3.38. The molecule has 1 aromatic heterocycles. The quantitative estimate of drug-likeness (QED) is 0.661. The molecule has 20 heavy (non-hydrogen) atoms. The topological polar surface area (TPSA) is 84.2 Å². The maximum atomic E-state index is 12.5. The monoisotopic (exact) mass is 293 g/mol. The summed E-state index contributed by atoms with van der Waals surface area (Å²) in [6, 6.07) is 0. The smallest absolute Gasteiger partial charge is 0.357 e. The zero-order chi connectivity index (χ0) is 15.5. The van der Waals surface area contributed by atoms with Gasteiger partial charge in [0.15, 0.2) is 0 Å². The number of aromatic nitrogens is 2. The van der Waals surface area contributed by atoms with Crippen LogP contribution in [0.25, 0.3) is 0 Å². The van der Waals surface area contributed by atoms with Crippen molar-refractivity contribution in [2.45, 2.75) is 20.0 Å². The van der Waals surface area contributed by atoms with Gasteiger partial charge in [-0.1, -0.05) is 0 Å². The summed E-state index contributed by atoms with van der Waals surface area (Å²) in [6.07, 6.45) is -4.48. The van der Waals surface area contributed by atoms with Crippen molar-refractivity contribution in [2.75, 3.05) is 30.4 Å². The standard InChI is InChI=1S/C10H14F3N5O2/c1-4-17(5-10(11,12)13)8-7(18(19)20)6(2)15-9(14-3)16-8/h4-5H2,1-3H3,(H,14,15,16). The van der Waals surface area contributed by atoms with E-state index < -0.39 is 23.3 Å². The fraction of sp³-hybridized carbons (Fsp3) is 0.600. The fourth-order valence-electron chi connectivity index (χ4n) is 1.65. The average Bonchev–Trinajstić information content (AvgIpc) is 2.33. The number of rotatable bonds is 5. The molecule has 0 fully saturated rings. The van der Waals surface area contributed by atoms with Crippen molar-refractivity contribution in [2.24, 2.45) is 0 Å². The minimum atomic E-state index is -4.48. The van der Waals surface area contributed by atoms with Crippen LogP contribution in [-0.2, 0) is 0 Å². The largest absolute Gasteiger partial charge is 0.405 e.